The average Bonchev–Trinajstić information content (AvgIpc) is 2.69. The predicted molar refractivity (Wildman–Crippen MR) is 111 cm³/mol. The number of likely N-dealkylation sites (N-methyl/N-ethyl adjacent to an activating group) is 1. The van der Waals surface area contributed by atoms with Crippen molar-refractivity contribution in [3.63, 3.8) is 0 Å². The molecule has 0 radical (unpaired) electrons. The lowest BCUT2D eigenvalue weighted by atomic mass is 10.1. The van der Waals surface area contributed by atoms with Gasteiger partial charge in [0.15, 0.2) is 0 Å². The highest BCUT2D eigenvalue weighted by atomic mass is 32.2. The summed E-state index contributed by atoms with van der Waals surface area (Å²) < 4.78 is 26.8. The van der Waals surface area contributed by atoms with E-state index in [0.717, 1.165) is 32.1 Å². The predicted octanol–water partition coefficient (Wildman–Crippen LogP) is 2.16. The third-order valence-corrected chi connectivity index (χ3v) is 6.21. The summed E-state index contributed by atoms with van der Waals surface area (Å²) in [4.78, 5) is 27.7. The van der Waals surface area contributed by atoms with Crippen LogP contribution in [0, 0.1) is 0 Å². The lowest BCUT2D eigenvalue weighted by Gasteiger charge is -2.24. The first-order chi connectivity index (χ1) is 13.3. The molecule has 8 heteroatoms. The van der Waals surface area contributed by atoms with E-state index in [1.54, 1.807) is 36.2 Å². The minimum Gasteiger partial charge on any atom is -0.338 e. The summed E-state index contributed by atoms with van der Waals surface area (Å²) >= 11 is 0. The Morgan fingerprint density at radius 2 is 1.71 bits per heavy atom. The van der Waals surface area contributed by atoms with Crippen molar-refractivity contribution in [2.45, 2.75) is 32.1 Å². The molecule has 1 fully saturated rings. The molecule has 2 rings (SSSR count). The van der Waals surface area contributed by atoms with E-state index in [-0.39, 0.29) is 24.1 Å². The van der Waals surface area contributed by atoms with E-state index in [0.29, 0.717) is 24.3 Å². The molecule has 1 heterocycles. The zero-order chi connectivity index (χ0) is 20.6. The standard InChI is InChI=1S/C20H29N3O4S/c1-3-19(24)22(2)18-11-9-17(10-12-18)20(25)23-14-8-6-4-5-7-13-21-28(26,27)16-15-23/h3,9-12,21H,1,4-8,13-16H2,2H3. The first-order valence-electron chi connectivity index (χ1n) is 9.61. The van der Waals surface area contributed by atoms with Crippen molar-refractivity contribution in [3.05, 3.63) is 42.5 Å². The Hall–Kier alpha value is -2.19. The molecule has 28 heavy (non-hydrogen) atoms. The van der Waals surface area contributed by atoms with E-state index in [4.69, 9.17) is 0 Å². The second-order valence-electron chi connectivity index (χ2n) is 6.92. The van der Waals surface area contributed by atoms with Gasteiger partial charge in [-0.2, -0.15) is 0 Å². The summed E-state index contributed by atoms with van der Waals surface area (Å²) in [5.41, 5.74) is 1.13. The summed E-state index contributed by atoms with van der Waals surface area (Å²) in [6.45, 7) is 4.61. The fourth-order valence-electron chi connectivity index (χ4n) is 3.08. The maximum atomic E-state index is 12.9. The number of rotatable bonds is 3. The third-order valence-electron chi connectivity index (χ3n) is 4.85. The molecule has 1 aromatic rings. The molecule has 0 bridgehead atoms. The molecule has 1 aromatic carbocycles. The highest BCUT2D eigenvalue weighted by molar-refractivity contribution is 7.89. The highest BCUT2D eigenvalue weighted by Gasteiger charge is 2.20. The van der Waals surface area contributed by atoms with Crippen LogP contribution in [0.1, 0.15) is 42.5 Å². The van der Waals surface area contributed by atoms with Gasteiger partial charge in [-0.05, 0) is 43.2 Å². The molecule has 1 aliphatic heterocycles. The normalized spacial score (nSPS) is 18.4. The Morgan fingerprint density at radius 3 is 2.39 bits per heavy atom. The van der Waals surface area contributed by atoms with E-state index < -0.39 is 10.0 Å². The summed E-state index contributed by atoms with van der Waals surface area (Å²) in [7, 11) is -1.75. The number of carbonyl (C=O) groups excluding carboxylic acids is 2. The van der Waals surface area contributed by atoms with Gasteiger partial charge in [-0.25, -0.2) is 13.1 Å². The van der Waals surface area contributed by atoms with Gasteiger partial charge in [0.05, 0.1) is 5.75 Å². The SMILES string of the molecule is C=CC(=O)N(C)c1ccc(C(=O)N2CCCCCCCNS(=O)(=O)CC2)cc1. The first kappa shape index (κ1) is 22.1. The van der Waals surface area contributed by atoms with Gasteiger partial charge in [0.1, 0.15) is 0 Å². The molecule has 1 N–H and O–H groups in total. The van der Waals surface area contributed by atoms with Crippen LogP contribution >= 0.6 is 0 Å². The van der Waals surface area contributed by atoms with Gasteiger partial charge in [0.25, 0.3) is 5.91 Å². The van der Waals surface area contributed by atoms with E-state index in [1.165, 1.54) is 11.0 Å². The number of hydrogen-bond donors (Lipinski definition) is 1. The van der Waals surface area contributed by atoms with Gasteiger partial charge in [-0.1, -0.05) is 25.8 Å². The van der Waals surface area contributed by atoms with Crippen LogP contribution in [0.3, 0.4) is 0 Å². The van der Waals surface area contributed by atoms with Crippen LogP contribution in [0.5, 0.6) is 0 Å². The van der Waals surface area contributed by atoms with Gasteiger partial charge in [0.2, 0.25) is 15.9 Å². The molecule has 154 valence electrons. The van der Waals surface area contributed by atoms with Gasteiger partial charge in [0, 0.05) is 37.9 Å². The number of benzene rings is 1. The molecule has 2 amide bonds. The lowest BCUT2D eigenvalue weighted by molar-refractivity contribution is -0.113. The lowest BCUT2D eigenvalue weighted by Crippen LogP contribution is -2.39. The van der Waals surface area contributed by atoms with Gasteiger partial charge < -0.3 is 9.80 Å². The number of amides is 2. The van der Waals surface area contributed by atoms with Crippen LogP contribution in [0.15, 0.2) is 36.9 Å². The van der Waals surface area contributed by atoms with E-state index in [9.17, 15) is 18.0 Å². The molecule has 0 unspecified atom stereocenters. The van der Waals surface area contributed by atoms with Crippen molar-refractivity contribution in [3.8, 4) is 0 Å². The fraction of sp³-hybridized carbons (Fsp3) is 0.500. The van der Waals surface area contributed by atoms with Crippen molar-refractivity contribution < 1.29 is 18.0 Å². The van der Waals surface area contributed by atoms with Crippen LogP contribution in [-0.4, -0.2) is 57.6 Å². The Bertz CT molecular complexity index is 790. The third kappa shape index (κ3) is 6.45. The Morgan fingerprint density at radius 1 is 1.07 bits per heavy atom. The van der Waals surface area contributed by atoms with Gasteiger partial charge in [-0.3, -0.25) is 9.59 Å². The average molecular weight is 408 g/mol. The minimum absolute atomic E-state index is 0.104. The number of nitrogens with one attached hydrogen (secondary N) is 1. The van der Waals surface area contributed by atoms with Crippen LogP contribution in [-0.2, 0) is 14.8 Å². The smallest absolute Gasteiger partial charge is 0.253 e. The van der Waals surface area contributed by atoms with Crippen molar-refractivity contribution in [2.24, 2.45) is 0 Å². The number of sulfonamides is 1. The van der Waals surface area contributed by atoms with Crippen molar-refractivity contribution in [2.75, 3.05) is 37.3 Å². The first-order valence-corrected chi connectivity index (χ1v) is 11.3. The summed E-state index contributed by atoms with van der Waals surface area (Å²) in [5, 5.41) is 0. The maximum absolute atomic E-state index is 12.9. The van der Waals surface area contributed by atoms with Gasteiger partial charge >= 0.3 is 0 Å². The van der Waals surface area contributed by atoms with E-state index in [1.807, 2.05) is 0 Å². The Kier molecular flexibility index (Phi) is 8.19. The van der Waals surface area contributed by atoms with Crippen LogP contribution < -0.4 is 9.62 Å². The molecule has 1 saturated heterocycles. The molecule has 0 aromatic heterocycles. The molecule has 0 aliphatic carbocycles. The monoisotopic (exact) mass is 407 g/mol. The number of carbonyl (C=O) groups is 2. The maximum Gasteiger partial charge on any atom is 0.253 e. The second kappa shape index (κ2) is 10.4. The summed E-state index contributed by atoms with van der Waals surface area (Å²) in [6.07, 6.45) is 5.95. The quantitative estimate of drug-likeness (QED) is 0.778. The molecule has 0 spiro atoms. The van der Waals surface area contributed by atoms with Gasteiger partial charge in [-0.15, -0.1) is 0 Å². The molecule has 0 atom stereocenters. The second-order valence-corrected chi connectivity index (χ2v) is 8.85. The molecule has 0 saturated carbocycles. The van der Waals surface area contributed by atoms with Crippen LogP contribution in [0.25, 0.3) is 0 Å². The van der Waals surface area contributed by atoms with Crippen LogP contribution in [0.4, 0.5) is 5.69 Å². The van der Waals surface area contributed by atoms with Crippen molar-refractivity contribution in [1.29, 1.82) is 0 Å². The number of anilines is 1. The zero-order valence-corrected chi connectivity index (χ0v) is 17.2. The Balaban J connectivity index is 2.11. The van der Waals surface area contributed by atoms with Crippen molar-refractivity contribution in [1.82, 2.24) is 9.62 Å². The summed E-state index contributed by atoms with van der Waals surface area (Å²) in [6, 6.07) is 6.72. The number of hydrogen-bond acceptors (Lipinski definition) is 4. The number of nitrogens with zero attached hydrogens (tertiary/aromatic N) is 2. The zero-order valence-electron chi connectivity index (χ0n) is 16.4. The fourth-order valence-corrected chi connectivity index (χ4v) is 4.14. The van der Waals surface area contributed by atoms with E-state index in [2.05, 4.69) is 11.3 Å². The highest BCUT2D eigenvalue weighted by Crippen LogP contribution is 2.16. The molecule has 7 nitrogen and oxygen atoms in total. The van der Waals surface area contributed by atoms with Crippen molar-refractivity contribution >= 4 is 27.5 Å². The molecular formula is C20H29N3O4S. The Labute approximate surface area is 167 Å². The topological polar surface area (TPSA) is 86.8 Å². The van der Waals surface area contributed by atoms with E-state index >= 15 is 0 Å². The summed E-state index contributed by atoms with van der Waals surface area (Å²) in [5.74, 6) is -0.538. The largest absolute Gasteiger partial charge is 0.338 e. The molecular weight excluding hydrogens is 378 g/mol. The van der Waals surface area contributed by atoms with Crippen LogP contribution in [0.2, 0.25) is 0 Å². The minimum atomic E-state index is -3.39. The molecule has 1 aliphatic rings.